The molecule has 2 N–H and O–H groups in total. The molecule has 116 valence electrons. The molecule has 1 aliphatic rings. The van der Waals surface area contributed by atoms with Crippen molar-refractivity contribution < 1.29 is 4.79 Å². The van der Waals surface area contributed by atoms with Gasteiger partial charge in [-0.1, -0.05) is 24.3 Å². The molecular weight excluding hydrogens is 280 g/mol. The highest BCUT2D eigenvalue weighted by molar-refractivity contribution is 5.75. The summed E-state index contributed by atoms with van der Waals surface area (Å²) >= 11 is 0. The maximum absolute atomic E-state index is 12.4. The number of carbonyl (C=O) groups is 1. The minimum Gasteiger partial charge on any atom is -0.346 e. The highest BCUT2D eigenvalue weighted by Gasteiger charge is 2.29. The summed E-state index contributed by atoms with van der Waals surface area (Å²) in [7, 11) is 3.74. The van der Waals surface area contributed by atoms with Crippen molar-refractivity contribution >= 4 is 12.0 Å². The number of aromatic nitrogens is 3. The van der Waals surface area contributed by atoms with Crippen LogP contribution in [0.15, 0.2) is 24.3 Å². The van der Waals surface area contributed by atoms with Gasteiger partial charge in [-0.3, -0.25) is 5.10 Å². The zero-order valence-corrected chi connectivity index (χ0v) is 13.0. The smallest absolute Gasteiger partial charge is 0.318 e. The molecule has 2 amide bonds. The van der Waals surface area contributed by atoms with Crippen molar-refractivity contribution in [3.8, 4) is 0 Å². The number of urea groups is 1. The number of carbonyl (C=O) groups excluding carboxylic acids is 1. The molecule has 0 spiro atoms. The van der Waals surface area contributed by atoms with Crippen LogP contribution in [0, 0.1) is 0 Å². The SMILES string of the molecule is C[C@H]1c2ccccc2CN1C(=O)NCc1nc(N(C)C)n[nH]1. The van der Waals surface area contributed by atoms with E-state index >= 15 is 0 Å². The van der Waals surface area contributed by atoms with Gasteiger partial charge in [0.1, 0.15) is 5.82 Å². The van der Waals surface area contributed by atoms with Gasteiger partial charge in [0, 0.05) is 20.6 Å². The van der Waals surface area contributed by atoms with Crippen molar-refractivity contribution in [1.82, 2.24) is 25.4 Å². The van der Waals surface area contributed by atoms with Gasteiger partial charge in [0.2, 0.25) is 5.95 Å². The quantitative estimate of drug-likeness (QED) is 0.903. The topological polar surface area (TPSA) is 77.2 Å². The number of H-pyrrole nitrogens is 1. The molecule has 0 radical (unpaired) electrons. The van der Waals surface area contributed by atoms with E-state index in [1.54, 1.807) is 4.90 Å². The number of nitrogens with zero attached hydrogens (tertiary/aromatic N) is 4. The fraction of sp³-hybridized carbons (Fsp3) is 0.400. The minimum absolute atomic E-state index is 0.0864. The van der Waals surface area contributed by atoms with Crippen LogP contribution in [0.3, 0.4) is 0 Å². The van der Waals surface area contributed by atoms with E-state index in [2.05, 4.69) is 32.6 Å². The Morgan fingerprint density at radius 3 is 2.91 bits per heavy atom. The fourth-order valence-corrected chi connectivity index (χ4v) is 2.65. The summed E-state index contributed by atoms with van der Waals surface area (Å²) in [6.45, 7) is 3.02. The lowest BCUT2D eigenvalue weighted by molar-refractivity contribution is 0.184. The van der Waals surface area contributed by atoms with Crippen LogP contribution < -0.4 is 10.2 Å². The van der Waals surface area contributed by atoms with E-state index in [1.165, 1.54) is 11.1 Å². The van der Waals surface area contributed by atoms with Crippen LogP contribution >= 0.6 is 0 Å². The van der Waals surface area contributed by atoms with Gasteiger partial charge in [-0.05, 0) is 18.1 Å². The third-order valence-corrected chi connectivity index (χ3v) is 3.90. The highest BCUT2D eigenvalue weighted by atomic mass is 16.2. The monoisotopic (exact) mass is 300 g/mol. The van der Waals surface area contributed by atoms with E-state index in [-0.39, 0.29) is 12.1 Å². The largest absolute Gasteiger partial charge is 0.346 e. The number of nitrogens with one attached hydrogen (secondary N) is 2. The molecule has 0 unspecified atom stereocenters. The van der Waals surface area contributed by atoms with Gasteiger partial charge in [-0.2, -0.15) is 4.98 Å². The normalized spacial score (nSPS) is 16.5. The lowest BCUT2D eigenvalue weighted by Gasteiger charge is -2.22. The molecule has 2 aromatic rings. The van der Waals surface area contributed by atoms with Crippen molar-refractivity contribution in [2.75, 3.05) is 19.0 Å². The number of anilines is 1. The molecule has 7 heteroatoms. The van der Waals surface area contributed by atoms with Gasteiger partial charge in [0.15, 0.2) is 0 Å². The zero-order valence-electron chi connectivity index (χ0n) is 13.0. The first-order chi connectivity index (χ1) is 10.6. The Bertz CT molecular complexity index is 680. The van der Waals surface area contributed by atoms with Gasteiger partial charge in [0.25, 0.3) is 0 Å². The Kier molecular flexibility index (Phi) is 3.70. The molecule has 22 heavy (non-hydrogen) atoms. The number of hydrogen-bond acceptors (Lipinski definition) is 4. The molecule has 0 saturated heterocycles. The van der Waals surface area contributed by atoms with Crippen LogP contribution in [0.25, 0.3) is 0 Å². The molecular formula is C15H20N6O. The molecule has 0 saturated carbocycles. The number of rotatable bonds is 3. The second kappa shape index (κ2) is 5.67. The number of amides is 2. The van der Waals surface area contributed by atoms with E-state index in [0.29, 0.717) is 24.9 Å². The van der Waals surface area contributed by atoms with Crippen LogP contribution in [-0.2, 0) is 13.1 Å². The van der Waals surface area contributed by atoms with Gasteiger partial charge in [0.05, 0.1) is 12.6 Å². The van der Waals surface area contributed by atoms with Crippen molar-refractivity contribution in [1.29, 1.82) is 0 Å². The van der Waals surface area contributed by atoms with Gasteiger partial charge in [-0.25, -0.2) is 4.79 Å². The predicted molar refractivity (Wildman–Crippen MR) is 83.3 cm³/mol. The highest BCUT2D eigenvalue weighted by Crippen LogP contribution is 2.32. The molecule has 3 rings (SSSR count). The van der Waals surface area contributed by atoms with Crippen molar-refractivity contribution in [3.63, 3.8) is 0 Å². The minimum atomic E-state index is -0.0912. The van der Waals surface area contributed by atoms with E-state index in [0.717, 1.165) is 0 Å². The number of fused-ring (bicyclic) bond motifs is 1. The van der Waals surface area contributed by atoms with Crippen LogP contribution in [0.5, 0.6) is 0 Å². The van der Waals surface area contributed by atoms with E-state index < -0.39 is 0 Å². The maximum Gasteiger partial charge on any atom is 0.318 e. The Morgan fingerprint density at radius 2 is 2.23 bits per heavy atom. The standard InChI is InChI=1S/C15H20N6O/c1-10-12-7-5-4-6-11(12)9-21(10)15(22)16-8-13-17-14(19-18-13)20(2)3/h4-7,10H,8-9H2,1-3H3,(H,16,22)(H,17,18,19)/t10-/m0/s1. The molecule has 2 heterocycles. The summed E-state index contributed by atoms with van der Waals surface area (Å²) < 4.78 is 0. The van der Waals surface area contributed by atoms with Gasteiger partial charge >= 0.3 is 6.03 Å². The molecule has 0 fully saturated rings. The number of aromatic amines is 1. The van der Waals surface area contributed by atoms with Crippen LogP contribution in [-0.4, -0.2) is 40.2 Å². The van der Waals surface area contributed by atoms with Crippen LogP contribution in [0.2, 0.25) is 0 Å². The molecule has 1 aromatic heterocycles. The number of benzene rings is 1. The molecule has 0 aliphatic carbocycles. The van der Waals surface area contributed by atoms with Gasteiger partial charge < -0.3 is 15.1 Å². The van der Waals surface area contributed by atoms with Gasteiger partial charge in [-0.15, -0.1) is 5.10 Å². The first kappa shape index (κ1) is 14.4. The average Bonchev–Trinajstić information content (AvgIpc) is 3.11. The van der Waals surface area contributed by atoms with Crippen molar-refractivity contribution in [3.05, 3.63) is 41.2 Å². The third kappa shape index (κ3) is 2.61. The average molecular weight is 300 g/mol. The molecule has 1 atom stereocenters. The third-order valence-electron chi connectivity index (χ3n) is 3.90. The molecule has 0 bridgehead atoms. The summed E-state index contributed by atoms with van der Waals surface area (Å²) in [5, 5.41) is 9.78. The summed E-state index contributed by atoms with van der Waals surface area (Å²) in [6, 6.07) is 8.15. The summed E-state index contributed by atoms with van der Waals surface area (Å²) in [5.41, 5.74) is 2.42. The zero-order chi connectivity index (χ0) is 15.7. The predicted octanol–water partition coefficient (Wildman–Crippen LogP) is 1.66. The Balaban J connectivity index is 1.61. The molecule has 1 aromatic carbocycles. The van der Waals surface area contributed by atoms with E-state index in [4.69, 9.17) is 0 Å². The molecule has 1 aliphatic heterocycles. The summed E-state index contributed by atoms with van der Waals surface area (Å²) in [5.74, 6) is 1.24. The Labute approximate surface area is 129 Å². The fourth-order valence-electron chi connectivity index (χ4n) is 2.65. The van der Waals surface area contributed by atoms with Crippen LogP contribution in [0.1, 0.15) is 29.9 Å². The van der Waals surface area contributed by atoms with Crippen LogP contribution in [0.4, 0.5) is 10.7 Å². The first-order valence-electron chi connectivity index (χ1n) is 7.27. The second-order valence-electron chi connectivity index (χ2n) is 5.64. The summed E-state index contributed by atoms with van der Waals surface area (Å²) in [6.07, 6.45) is 0. The van der Waals surface area contributed by atoms with E-state index in [1.807, 2.05) is 38.1 Å². The summed E-state index contributed by atoms with van der Waals surface area (Å²) in [4.78, 5) is 20.3. The Hall–Kier alpha value is -2.57. The number of hydrogen-bond donors (Lipinski definition) is 2. The second-order valence-corrected chi connectivity index (χ2v) is 5.64. The Morgan fingerprint density at radius 1 is 1.45 bits per heavy atom. The van der Waals surface area contributed by atoms with E-state index in [9.17, 15) is 4.79 Å². The lowest BCUT2D eigenvalue weighted by Crippen LogP contribution is -2.37. The van der Waals surface area contributed by atoms with Crippen molar-refractivity contribution in [2.45, 2.75) is 26.1 Å². The first-order valence-corrected chi connectivity index (χ1v) is 7.27. The lowest BCUT2D eigenvalue weighted by atomic mass is 10.1. The van der Waals surface area contributed by atoms with Crippen molar-refractivity contribution in [2.24, 2.45) is 0 Å². The maximum atomic E-state index is 12.4. The molecule has 7 nitrogen and oxygen atoms in total.